The van der Waals surface area contributed by atoms with E-state index in [1.807, 2.05) is 90.1 Å². The molecule has 2 aliphatic heterocycles. The van der Waals surface area contributed by atoms with Gasteiger partial charge in [-0.15, -0.1) is 0 Å². The molecule has 0 aromatic heterocycles. The molecule has 6 rings (SSSR count). The fraction of sp³-hybridized carbons (Fsp3) is 0.0385. The Labute approximate surface area is 192 Å². The van der Waals surface area contributed by atoms with E-state index in [0.29, 0.717) is 0 Å². The molecule has 1 aliphatic carbocycles. The van der Waals surface area contributed by atoms with Crippen LogP contribution in [-0.4, -0.2) is 6.79 Å². The van der Waals surface area contributed by atoms with Gasteiger partial charge in [0, 0.05) is 11.4 Å². The van der Waals surface area contributed by atoms with Gasteiger partial charge in [-0.2, -0.15) is 24.4 Å². The van der Waals surface area contributed by atoms with E-state index in [0.717, 1.165) is 39.6 Å². The van der Waals surface area contributed by atoms with E-state index >= 15 is 0 Å². The van der Waals surface area contributed by atoms with Crippen LogP contribution < -0.4 is 14.5 Å². The summed E-state index contributed by atoms with van der Waals surface area (Å²) in [7, 11) is 0. The van der Waals surface area contributed by atoms with Crippen LogP contribution in [0.4, 0.5) is 5.69 Å². The topological polar surface area (TPSA) is 35.8 Å². The van der Waals surface area contributed by atoms with Gasteiger partial charge in [0.15, 0.2) is 11.5 Å². The Bertz CT molecular complexity index is 1110. The Morgan fingerprint density at radius 1 is 0.839 bits per heavy atom. The molecule has 0 radical (unpaired) electrons. The molecule has 0 saturated carbocycles. The summed E-state index contributed by atoms with van der Waals surface area (Å²) in [6, 6.07) is 26.2. The number of hydrogen-bond donors (Lipinski definition) is 0. The van der Waals surface area contributed by atoms with Crippen molar-refractivity contribution in [2.24, 2.45) is 0 Å². The molecule has 0 bridgehead atoms. The van der Waals surface area contributed by atoms with E-state index in [-0.39, 0.29) is 23.9 Å². The first-order valence-electron chi connectivity index (χ1n) is 9.82. The second-order valence-corrected chi connectivity index (χ2v) is 6.86. The second kappa shape index (κ2) is 9.52. The fourth-order valence-corrected chi connectivity index (χ4v) is 3.52. The number of fused-ring (bicyclic) bond motifs is 1. The number of anilines is 1. The van der Waals surface area contributed by atoms with Gasteiger partial charge in [-0.3, -0.25) is 0 Å². The molecular formula is C26H20FeN2O2. The van der Waals surface area contributed by atoms with E-state index in [2.05, 4.69) is 29.7 Å². The molecule has 0 fully saturated rings. The first kappa shape index (κ1) is 20.7. The molecule has 2 heterocycles. The molecule has 3 aliphatic rings. The monoisotopic (exact) mass is 448 g/mol. The van der Waals surface area contributed by atoms with Gasteiger partial charge in [0.1, 0.15) is 0 Å². The van der Waals surface area contributed by atoms with Crippen LogP contribution in [0.2, 0.25) is 0 Å². The maximum atomic E-state index is 5.53. The summed E-state index contributed by atoms with van der Waals surface area (Å²) in [5, 5.41) is 1.98. The van der Waals surface area contributed by atoms with Crippen molar-refractivity contribution in [2.75, 3.05) is 11.8 Å². The molecule has 154 valence electrons. The first-order valence-corrected chi connectivity index (χ1v) is 9.82. The summed E-state index contributed by atoms with van der Waals surface area (Å²) in [6.45, 7) is 0.276. The summed E-state index contributed by atoms with van der Waals surface area (Å²) in [5.41, 5.74) is 10.0. The maximum Gasteiger partial charge on any atom is 2.00 e. The predicted molar refractivity (Wildman–Crippen MR) is 120 cm³/mol. The number of nitrogens with zero attached hydrogens (tertiary/aromatic N) is 2. The number of ether oxygens (including phenoxy) is 2. The van der Waals surface area contributed by atoms with E-state index in [1.165, 1.54) is 0 Å². The number of allylic oxidation sites excluding steroid dienone is 6. The van der Waals surface area contributed by atoms with Crippen molar-refractivity contribution >= 4 is 11.3 Å². The van der Waals surface area contributed by atoms with Crippen LogP contribution in [0, 0.1) is 0 Å². The van der Waals surface area contributed by atoms with Crippen LogP contribution in [0.5, 0.6) is 11.5 Å². The Balaban J connectivity index is 0.000000342. The Morgan fingerprint density at radius 3 is 2.29 bits per heavy atom. The summed E-state index contributed by atoms with van der Waals surface area (Å²) >= 11 is 0. The normalized spacial score (nSPS) is 15.2. The van der Waals surface area contributed by atoms with Gasteiger partial charge in [-0.1, -0.05) is 48.6 Å². The zero-order valence-corrected chi connectivity index (χ0v) is 17.8. The smallest absolute Gasteiger partial charge is 0.596 e. The van der Waals surface area contributed by atoms with Crippen molar-refractivity contribution in [1.82, 2.24) is 0 Å². The molecule has 5 heteroatoms. The number of para-hydroxylation sites is 1. The molecule has 4 nitrogen and oxygen atoms in total. The van der Waals surface area contributed by atoms with Gasteiger partial charge in [-0.05, 0) is 41.0 Å². The minimum atomic E-state index is 0. The molecule has 3 aromatic carbocycles. The zero-order chi connectivity index (χ0) is 20.2. The Kier molecular flexibility index (Phi) is 6.37. The van der Waals surface area contributed by atoms with Crippen LogP contribution in [-0.2, 0) is 17.1 Å². The van der Waals surface area contributed by atoms with Crippen molar-refractivity contribution in [1.29, 1.82) is 0 Å². The van der Waals surface area contributed by atoms with E-state index in [4.69, 9.17) is 9.47 Å². The van der Waals surface area contributed by atoms with Crippen molar-refractivity contribution in [2.45, 2.75) is 0 Å². The van der Waals surface area contributed by atoms with Gasteiger partial charge in [-0.25, -0.2) is 12.1 Å². The third-order valence-electron chi connectivity index (χ3n) is 4.95. The molecule has 0 spiro atoms. The molecular weight excluding hydrogens is 428 g/mol. The number of hydrogen-bond acceptors (Lipinski definition) is 3. The van der Waals surface area contributed by atoms with Crippen molar-refractivity contribution in [3.63, 3.8) is 0 Å². The van der Waals surface area contributed by atoms with E-state index in [9.17, 15) is 0 Å². The molecule has 0 saturated heterocycles. The Morgan fingerprint density at radius 2 is 1.58 bits per heavy atom. The second-order valence-electron chi connectivity index (χ2n) is 6.86. The summed E-state index contributed by atoms with van der Waals surface area (Å²) in [4.78, 5) is 0. The predicted octanol–water partition coefficient (Wildman–Crippen LogP) is 6.35. The van der Waals surface area contributed by atoms with Crippen LogP contribution in [0.1, 0.15) is 5.56 Å². The van der Waals surface area contributed by atoms with Crippen LogP contribution in [0.25, 0.3) is 11.0 Å². The molecule has 0 atom stereocenters. The van der Waals surface area contributed by atoms with Gasteiger partial charge in [0.2, 0.25) is 6.79 Å². The van der Waals surface area contributed by atoms with E-state index in [1.54, 1.807) is 0 Å². The van der Waals surface area contributed by atoms with Crippen molar-refractivity contribution < 1.29 is 26.5 Å². The average Bonchev–Trinajstić information content (AvgIpc) is 3.60. The SMILES string of the molecule is C1=CC(=C2C(c3ccc4c(c3)OCO4)=C[N-]N2c2ccccc2)C=C1.[Fe+2].c1cc[cH-]c1. The van der Waals surface area contributed by atoms with Gasteiger partial charge in [0.05, 0.1) is 0 Å². The third-order valence-corrected chi connectivity index (χ3v) is 4.95. The molecule has 0 N–H and O–H groups in total. The third kappa shape index (κ3) is 4.33. The van der Waals surface area contributed by atoms with Crippen LogP contribution in [0.3, 0.4) is 0 Å². The van der Waals surface area contributed by atoms with E-state index < -0.39 is 0 Å². The first-order chi connectivity index (χ1) is 14.9. The number of rotatable bonds is 2. The van der Waals surface area contributed by atoms with Crippen LogP contribution in [0.15, 0.2) is 121 Å². The zero-order valence-electron chi connectivity index (χ0n) is 16.7. The fourth-order valence-electron chi connectivity index (χ4n) is 3.52. The molecule has 0 amide bonds. The summed E-state index contributed by atoms with van der Waals surface area (Å²) in [5.74, 6) is 1.56. The van der Waals surface area contributed by atoms with Crippen molar-refractivity contribution in [3.8, 4) is 11.5 Å². The number of benzene rings is 2. The largest absolute Gasteiger partial charge is 2.00 e. The molecule has 0 unspecified atom stereocenters. The van der Waals surface area contributed by atoms with Crippen LogP contribution >= 0.6 is 0 Å². The quantitative estimate of drug-likeness (QED) is 0.339. The molecule has 3 aromatic rings. The minimum Gasteiger partial charge on any atom is -0.596 e. The summed E-state index contributed by atoms with van der Waals surface area (Å²) in [6.07, 6.45) is 10.2. The standard InChI is InChI=1S/C21H15N2O2.C5H5.Fe/c1-2-8-17(9-3-1)23-21(15-6-4-5-7-15)18(13-22-23)16-10-11-19-20(12-16)25-14-24-19;1-2-4-5-3-1;/h1-13H,14H2;1-5H;/q2*-1;+2. The minimum absolute atomic E-state index is 0. The van der Waals surface area contributed by atoms with Gasteiger partial charge >= 0.3 is 17.1 Å². The maximum absolute atomic E-state index is 5.53. The Hall–Kier alpha value is -3.53. The molecule has 31 heavy (non-hydrogen) atoms. The van der Waals surface area contributed by atoms with Gasteiger partial charge in [0.25, 0.3) is 0 Å². The van der Waals surface area contributed by atoms with Crippen molar-refractivity contribution in [3.05, 3.63) is 132 Å². The van der Waals surface area contributed by atoms with Gasteiger partial charge < -0.3 is 19.9 Å². The average molecular weight is 448 g/mol. The summed E-state index contributed by atoms with van der Waals surface area (Å²) < 4.78 is 11.0.